The Morgan fingerprint density at radius 1 is 0.684 bits per heavy atom. The average Bonchev–Trinajstić information content (AvgIpc) is 2.94. The maximum absolute atomic E-state index is 13.6. The van der Waals surface area contributed by atoms with Gasteiger partial charge >= 0.3 is 5.97 Å². The fraction of sp³-hybridized carbons (Fsp3) is 0.344. The number of nitrogens with one attached hydrogen (secondary N) is 1. The van der Waals surface area contributed by atoms with Crippen molar-refractivity contribution < 1.29 is 19.5 Å². The van der Waals surface area contributed by atoms with Crippen LogP contribution < -0.4 is 5.32 Å². The lowest BCUT2D eigenvalue weighted by Gasteiger charge is -2.31. The van der Waals surface area contributed by atoms with E-state index in [1.165, 1.54) is 0 Å². The minimum atomic E-state index is -0.823. The molecule has 0 bridgehead atoms. The van der Waals surface area contributed by atoms with E-state index in [1.54, 1.807) is 4.90 Å². The number of hydrogen-bond acceptors (Lipinski definition) is 3. The first-order valence-electron chi connectivity index (χ1n) is 13.4. The molecule has 0 saturated carbocycles. The number of amides is 2. The Hall–Kier alpha value is -3.93. The molecule has 0 spiro atoms. The van der Waals surface area contributed by atoms with Crippen LogP contribution in [0.3, 0.4) is 0 Å². The maximum Gasteiger partial charge on any atom is 0.303 e. The lowest BCUT2D eigenvalue weighted by molar-refractivity contribution is -0.140. The number of aliphatic carboxylic acids is 1. The number of carbonyl (C=O) groups is 3. The molecule has 0 aliphatic rings. The first kappa shape index (κ1) is 28.6. The van der Waals surface area contributed by atoms with Crippen LogP contribution in [0.4, 0.5) is 0 Å². The zero-order chi connectivity index (χ0) is 27.0. The van der Waals surface area contributed by atoms with Crippen molar-refractivity contribution in [3.8, 4) is 0 Å². The molecule has 0 saturated heterocycles. The van der Waals surface area contributed by atoms with Crippen LogP contribution in [0.1, 0.15) is 48.8 Å². The van der Waals surface area contributed by atoms with Crippen LogP contribution in [0.2, 0.25) is 0 Å². The average molecular weight is 515 g/mol. The van der Waals surface area contributed by atoms with Crippen LogP contribution in [0.15, 0.2) is 91.0 Å². The highest BCUT2D eigenvalue weighted by molar-refractivity contribution is 5.88. The van der Waals surface area contributed by atoms with Crippen molar-refractivity contribution in [1.82, 2.24) is 10.2 Å². The predicted molar refractivity (Wildman–Crippen MR) is 150 cm³/mol. The Bertz CT molecular complexity index is 1120. The van der Waals surface area contributed by atoms with Crippen LogP contribution in [0.25, 0.3) is 0 Å². The lowest BCUT2D eigenvalue weighted by atomic mass is 10.0. The lowest BCUT2D eigenvalue weighted by Crippen LogP contribution is -2.51. The van der Waals surface area contributed by atoms with Crippen molar-refractivity contribution in [1.29, 1.82) is 0 Å². The van der Waals surface area contributed by atoms with Crippen molar-refractivity contribution in [2.75, 3.05) is 13.1 Å². The second kappa shape index (κ2) is 16.0. The molecule has 1 unspecified atom stereocenters. The van der Waals surface area contributed by atoms with Gasteiger partial charge in [0.05, 0.1) is 0 Å². The van der Waals surface area contributed by atoms with Crippen LogP contribution in [0, 0.1) is 0 Å². The second-order valence-corrected chi connectivity index (χ2v) is 9.51. The van der Waals surface area contributed by atoms with Gasteiger partial charge in [-0.2, -0.15) is 0 Å². The molecule has 1 atom stereocenters. The van der Waals surface area contributed by atoms with Crippen molar-refractivity contribution >= 4 is 17.8 Å². The summed E-state index contributed by atoms with van der Waals surface area (Å²) in [6.45, 7) is 0.922. The molecule has 0 radical (unpaired) electrons. The first-order valence-corrected chi connectivity index (χ1v) is 13.4. The number of hydrogen-bond donors (Lipinski definition) is 2. The fourth-order valence-corrected chi connectivity index (χ4v) is 4.50. The number of nitrogens with zero attached hydrogens (tertiary/aromatic N) is 1. The van der Waals surface area contributed by atoms with Gasteiger partial charge in [0.2, 0.25) is 11.8 Å². The van der Waals surface area contributed by atoms with E-state index in [1.807, 2.05) is 91.0 Å². The molecule has 0 aromatic heterocycles. The molecular weight excluding hydrogens is 476 g/mol. The van der Waals surface area contributed by atoms with E-state index < -0.39 is 12.0 Å². The van der Waals surface area contributed by atoms with Crippen LogP contribution >= 0.6 is 0 Å². The number of rotatable bonds is 16. The molecule has 0 aliphatic heterocycles. The standard InChI is InChI=1S/C32H38N2O4/c35-30(19-11-4-12-20-31(36)37)34(24-22-27-15-7-2-8-16-27)29(25-28-17-9-3-10-18-28)32(38)33-23-21-26-13-5-1-6-14-26/h1-3,5-10,13-18,29H,4,11-12,19-25H2,(H,33,38)(H,36,37). The van der Waals surface area contributed by atoms with Crippen molar-refractivity contribution in [2.45, 2.75) is 57.4 Å². The summed E-state index contributed by atoms with van der Waals surface area (Å²) in [5, 5.41) is 12.0. The summed E-state index contributed by atoms with van der Waals surface area (Å²) in [5.74, 6) is -1.05. The van der Waals surface area contributed by atoms with E-state index in [-0.39, 0.29) is 24.7 Å². The maximum atomic E-state index is 13.6. The van der Waals surface area contributed by atoms with Crippen LogP contribution in [-0.4, -0.2) is 46.9 Å². The van der Waals surface area contributed by atoms with Crippen molar-refractivity contribution in [3.63, 3.8) is 0 Å². The summed E-state index contributed by atoms with van der Waals surface area (Å²) in [7, 11) is 0. The van der Waals surface area contributed by atoms with E-state index in [2.05, 4.69) is 5.32 Å². The molecule has 200 valence electrons. The quantitative estimate of drug-likeness (QED) is 0.262. The second-order valence-electron chi connectivity index (χ2n) is 9.51. The topological polar surface area (TPSA) is 86.7 Å². The fourth-order valence-electron chi connectivity index (χ4n) is 4.50. The van der Waals surface area contributed by atoms with Crippen LogP contribution in [-0.2, 0) is 33.6 Å². The Morgan fingerprint density at radius 2 is 1.21 bits per heavy atom. The summed E-state index contributed by atoms with van der Waals surface area (Å²) in [4.78, 5) is 39.6. The van der Waals surface area contributed by atoms with Gasteiger partial charge in [-0.3, -0.25) is 14.4 Å². The largest absolute Gasteiger partial charge is 0.481 e. The van der Waals surface area contributed by atoms with E-state index in [0.29, 0.717) is 51.6 Å². The third-order valence-corrected chi connectivity index (χ3v) is 6.59. The molecule has 0 aliphatic carbocycles. The Balaban J connectivity index is 1.74. The van der Waals surface area contributed by atoms with E-state index in [4.69, 9.17) is 5.11 Å². The monoisotopic (exact) mass is 514 g/mol. The highest BCUT2D eigenvalue weighted by Gasteiger charge is 2.29. The zero-order valence-electron chi connectivity index (χ0n) is 21.9. The third kappa shape index (κ3) is 10.2. The molecule has 0 heterocycles. The minimum Gasteiger partial charge on any atom is -0.481 e. The molecular formula is C32H38N2O4. The van der Waals surface area contributed by atoms with Gasteiger partial charge in [-0.15, -0.1) is 0 Å². The number of carbonyl (C=O) groups excluding carboxylic acids is 2. The van der Waals surface area contributed by atoms with Gasteiger partial charge in [-0.25, -0.2) is 0 Å². The molecule has 3 aromatic rings. The smallest absolute Gasteiger partial charge is 0.303 e. The molecule has 3 rings (SSSR count). The molecule has 3 aromatic carbocycles. The van der Waals surface area contributed by atoms with E-state index in [9.17, 15) is 14.4 Å². The molecule has 6 heteroatoms. The molecule has 2 N–H and O–H groups in total. The summed E-state index contributed by atoms with van der Waals surface area (Å²) in [6, 6.07) is 29.1. The minimum absolute atomic E-state index is 0.0737. The molecule has 38 heavy (non-hydrogen) atoms. The summed E-state index contributed by atoms with van der Waals surface area (Å²) in [6.07, 6.45) is 3.99. The van der Waals surface area contributed by atoms with Gasteiger partial charge < -0.3 is 15.3 Å². The van der Waals surface area contributed by atoms with Crippen molar-refractivity contribution in [2.24, 2.45) is 0 Å². The van der Waals surface area contributed by atoms with Crippen LogP contribution in [0.5, 0.6) is 0 Å². The first-order chi connectivity index (χ1) is 18.5. The van der Waals surface area contributed by atoms with Crippen molar-refractivity contribution in [3.05, 3.63) is 108 Å². The Labute approximate surface area is 225 Å². The number of carboxylic acids is 1. The molecule has 0 fully saturated rings. The highest BCUT2D eigenvalue weighted by Crippen LogP contribution is 2.15. The summed E-state index contributed by atoms with van der Waals surface area (Å²) in [5.41, 5.74) is 3.25. The Kier molecular flexibility index (Phi) is 12.1. The Morgan fingerprint density at radius 3 is 1.79 bits per heavy atom. The zero-order valence-corrected chi connectivity index (χ0v) is 21.9. The summed E-state index contributed by atoms with van der Waals surface area (Å²) >= 11 is 0. The predicted octanol–water partition coefficient (Wildman–Crippen LogP) is 5.06. The van der Waals surface area contributed by atoms with Gasteiger partial charge in [0.1, 0.15) is 6.04 Å². The molecule has 6 nitrogen and oxygen atoms in total. The van der Waals surface area contributed by atoms with Gasteiger partial charge in [0, 0.05) is 32.4 Å². The van der Waals surface area contributed by atoms with Gasteiger partial charge in [-0.1, -0.05) is 97.4 Å². The van der Waals surface area contributed by atoms with Gasteiger partial charge in [0.15, 0.2) is 0 Å². The third-order valence-electron chi connectivity index (χ3n) is 6.59. The van der Waals surface area contributed by atoms with Gasteiger partial charge in [0.25, 0.3) is 0 Å². The number of carboxylic acid groups (broad SMARTS) is 1. The number of unbranched alkanes of at least 4 members (excludes halogenated alkanes) is 2. The molecule has 2 amide bonds. The van der Waals surface area contributed by atoms with Gasteiger partial charge in [-0.05, 0) is 42.4 Å². The normalized spacial score (nSPS) is 11.5. The SMILES string of the molecule is O=C(O)CCCCCC(=O)N(CCc1ccccc1)C(Cc1ccccc1)C(=O)NCCc1ccccc1. The van der Waals surface area contributed by atoms with E-state index >= 15 is 0 Å². The highest BCUT2D eigenvalue weighted by atomic mass is 16.4. The van der Waals surface area contributed by atoms with E-state index in [0.717, 1.165) is 16.7 Å². The number of benzene rings is 3. The summed E-state index contributed by atoms with van der Waals surface area (Å²) < 4.78 is 0.